The van der Waals surface area contributed by atoms with Crippen LogP contribution in [0.25, 0.3) is 0 Å². The molecule has 122 valence electrons. The Labute approximate surface area is 132 Å². The van der Waals surface area contributed by atoms with E-state index in [1.54, 1.807) is 12.1 Å². The Balaban J connectivity index is 2.31. The molecule has 0 saturated heterocycles. The summed E-state index contributed by atoms with van der Waals surface area (Å²) in [6.07, 6.45) is 7.88. The van der Waals surface area contributed by atoms with Crippen LogP contribution in [-0.4, -0.2) is 27.9 Å². The van der Waals surface area contributed by atoms with Gasteiger partial charge < -0.3 is 9.88 Å². The lowest BCUT2D eigenvalue weighted by Gasteiger charge is -2.36. The number of hydrogen-bond donors (Lipinski definition) is 1. The van der Waals surface area contributed by atoms with E-state index in [4.69, 9.17) is 0 Å². The second-order valence-electron chi connectivity index (χ2n) is 6.50. The molecule has 0 radical (unpaired) electrons. The average Bonchev–Trinajstić information content (AvgIpc) is 2.76. The van der Waals surface area contributed by atoms with Crippen molar-refractivity contribution in [3.05, 3.63) is 33.7 Å². The first-order valence-electron chi connectivity index (χ1n) is 8.57. The maximum Gasteiger partial charge on any atom is 0.260 e. The number of pyridine rings is 1. The van der Waals surface area contributed by atoms with Gasteiger partial charge in [-0.05, 0) is 45.2 Å². The standard InChI is InChI=1S/C18H28N2O2/c1-4-14(3)20(15-9-7-5-6-8-10-15)18(22)16-12-11-13(2)19-17(16)21/h11-12,14-15H,4-10H2,1-3H3,(H,19,21)/t14-/m0/s1. The maximum atomic E-state index is 13.0. The maximum absolute atomic E-state index is 13.0. The zero-order chi connectivity index (χ0) is 16.1. The lowest BCUT2D eigenvalue weighted by molar-refractivity contribution is 0.0559. The van der Waals surface area contributed by atoms with Gasteiger partial charge in [-0.25, -0.2) is 0 Å². The van der Waals surface area contributed by atoms with Crippen LogP contribution in [-0.2, 0) is 0 Å². The normalized spacial score (nSPS) is 17.8. The van der Waals surface area contributed by atoms with E-state index in [0.29, 0.717) is 0 Å². The number of carbonyl (C=O) groups is 1. The summed E-state index contributed by atoms with van der Waals surface area (Å²) in [7, 11) is 0. The van der Waals surface area contributed by atoms with Gasteiger partial charge in [0.2, 0.25) is 0 Å². The van der Waals surface area contributed by atoms with Crippen molar-refractivity contribution >= 4 is 5.91 Å². The summed E-state index contributed by atoms with van der Waals surface area (Å²) in [5.74, 6) is -0.109. The minimum absolute atomic E-state index is 0.109. The smallest absolute Gasteiger partial charge is 0.260 e. The highest BCUT2D eigenvalue weighted by Crippen LogP contribution is 2.25. The SMILES string of the molecule is CC[C@H](C)N(C(=O)c1ccc(C)[nH]c1=O)C1CCCCCC1. The molecule has 1 aromatic heterocycles. The van der Waals surface area contributed by atoms with Crippen LogP contribution in [0, 0.1) is 6.92 Å². The first kappa shape index (κ1) is 16.8. The fourth-order valence-corrected chi connectivity index (χ4v) is 3.34. The number of aromatic nitrogens is 1. The fraction of sp³-hybridized carbons (Fsp3) is 0.667. The zero-order valence-electron chi connectivity index (χ0n) is 14.0. The highest BCUT2D eigenvalue weighted by molar-refractivity contribution is 5.94. The van der Waals surface area contributed by atoms with Crippen LogP contribution in [0.4, 0.5) is 0 Å². The lowest BCUT2D eigenvalue weighted by atomic mass is 10.0. The second-order valence-corrected chi connectivity index (χ2v) is 6.50. The third-order valence-electron chi connectivity index (χ3n) is 4.80. The van der Waals surface area contributed by atoms with Crippen molar-refractivity contribution in [1.82, 2.24) is 9.88 Å². The van der Waals surface area contributed by atoms with Crippen molar-refractivity contribution < 1.29 is 4.79 Å². The van der Waals surface area contributed by atoms with Gasteiger partial charge in [-0.1, -0.05) is 32.6 Å². The Bertz CT molecular complexity index is 556. The first-order valence-corrected chi connectivity index (χ1v) is 8.57. The van der Waals surface area contributed by atoms with Gasteiger partial charge in [0.05, 0.1) is 0 Å². The summed E-state index contributed by atoms with van der Waals surface area (Å²) in [6, 6.07) is 3.90. The molecule has 0 spiro atoms. The quantitative estimate of drug-likeness (QED) is 0.863. The molecular formula is C18H28N2O2. The number of H-pyrrole nitrogens is 1. The Morgan fingerprint density at radius 3 is 2.45 bits per heavy atom. The second kappa shape index (κ2) is 7.61. The molecule has 0 bridgehead atoms. The van der Waals surface area contributed by atoms with Crippen molar-refractivity contribution in [3.8, 4) is 0 Å². The molecule has 1 N–H and O–H groups in total. The highest BCUT2D eigenvalue weighted by Gasteiger charge is 2.30. The Hall–Kier alpha value is -1.58. The van der Waals surface area contributed by atoms with E-state index >= 15 is 0 Å². The highest BCUT2D eigenvalue weighted by atomic mass is 16.2. The first-order chi connectivity index (χ1) is 10.5. The number of nitrogens with zero attached hydrogens (tertiary/aromatic N) is 1. The third-order valence-corrected chi connectivity index (χ3v) is 4.80. The lowest BCUT2D eigenvalue weighted by Crippen LogP contribution is -2.47. The summed E-state index contributed by atoms with van der Waals surface area (Å²) in [5, 5.41) is 0. The van der Waals surface area contributed by atoms with Crippen LogP contribution in [0.1, 0.15) is 74.8 Å². The van der Waals surface area contributed by atoms with Crippen molar-refractivity contribution in [3.63, 3.8) is 0 Å². The molecule has 0 aromatic carbocycles. The van der Waals surface area contributed by atoms with Crippen LogP contribution in [0.5, 0.6) is 0 Å². The van der Waals surface area contributed by atoms with Gasteiger partial charge in [0.25, 0.3) is 11.5 Å². The number of hydrogen-bond acceptors (Lipinski definition) is 2. The third kappa shape index (κ3) is 3.79. The van der Waals surface area contributed by atoms with Crippen molar-refractivity contribution in [2.24, 2.45) is 0 Å². The Kier molecular flexibility index (Phi) is 5.81. The molecule has 0 aliphatic heterocycles. The summed E-state index contributed by atoms with van der Waals surface area (Å²) in [6.45, 7) is 6.01. The molecule has 0 unspecified atom stereocenters. The van der Waals surface area contributed by atoms with E-state index in [0.717, 1.165) is 25.0 Å². The number of aromatic amines is 1. The summed E-state index contributed by atoms with van der Waals surface area (Å²) < 4.78 is 0. The summed E-state index contributed by atoms with van der Waals surface area (Å²) in [4.78, 5) is 29.9. The number of aryl methyl sites for hydroxylation is 1. The van der Waals surface area contributed by atoms with E-state index in [1.807, 2.05) is 11.8 Å². The summed E-state index contributed by atoms with van der Waals surface area (Å²) >= 11 is 0. The average molecular weight is 304 g/mol. The predicted molar refractivity (Wildman–Crippen MR) is 89.2 cm³/mol. The summed E-state index contributed by atoms with van der Waals surface area (Å²) in [5.41, 5.74) is 0.785. The van der Waals surface area contributed by atoms with Gasteiger partial charge >= 0.3 is 0 Å². The van der Waals surface area contributed by atoms with Crippen molar-refractivity contribution in [2.75, 3.05) is 0 Å². The number of rotatable bonds is 4. The molecule has 22 heavy (non-hydrogen) atoms. The van der Waals surface area contributed by atoms with Crippen molar-refractivity contribution in [2.45, 2.75) is 77.8 Å². The van der Waals surface area contributed by atoms with Crippen LogP contribution in [0.3, 0.4) is 0 Å². The topological polar surface area (TPSA) is 53.2 Å². The van der Waals surface area contributed by atoms with Crippen LogP contribution in [0.2, 0.25) is 0 Å². The molecule has 1 fully saturated rings. The molecule has 1 aliphatic carbocycles. The largest absolute Gasteiger partial charge is 0.333 e. The number of carbonyl (C=O) groups excluding carboxylic acids is 1. The molecule has 2 rings (SSSR count). The van der Waals surface area contributed by atoms with Crippen LogP contribution < -0.4 is 5.56 Å². The molecule has 4 nitrogen and oxygen atoms in total. The van der Waals surface area contributed by atoms with E-state index in [-0.39, 0.29) is 29.1 Å². The van der Waals surface area contributed by atoms with Crippen LogP contribution in [0.15, 0.2) is 16.9 Å². The van der Waals surface area contributed by atoms with Gasteiger partial charge in [-0.2, -0.15) is 0 Å². The molecule has 1 atom stereocenters. The van der Waals surface area contributed by atoms with Gasteiger partial charge in [-0.3, -0.25) is 9.59 Å². The molecule has 1 heterocycles. The Morgan fingerprint density at radius 1 is 1.27 bits per heavy atom. The van der Waals surface area contributed by atoms with E-state index < -0.39 is 0 Å². The van der Waals surface area contributed by atoms with E-state index in [9.17, 15) is 9.59 Å². The van der Waals surface area contributed by atoms with Crippen LogP contribution >= 0.6 is 0 Å². The monoisotopic (exact) mass is 304 g/mol. The van der Waals surface area contributed by atoms with E-state index in [2.05, 4.69) is 18.8 Å². The molecule has 4 heteroatoms. The number of amides is 1. The zero-order valence-corrected chi connectivity index (χ0v) is 14.0. The van der Waals surface area contributed by atoms with Crippen molar-refractivity contribution in [1.29, 1.82) is 0 Å². The minimum Gasteiger partial charge on any atom is -0.333 e. The molecule has 1 amide bonds. The number of nitrogens with one attached hydrogen (secondary N) is 1. The molecule has 1 aromatic rings. The molecule has 1 aliphatic rings. The molecular weight excluding hydrogens is 276 g/mol. The fourth-order valence-electron chi connectivity index (χ4n) is 3.34. The van der Waals surface area contributed by atoms with Gasteiger partial charge in [0, 0.05) is 17.8 Å². The van der Waals surface area contributed by atoms with Gasteiger partial charge in [0.1, 0.15) is 5.56 Å². The van der Waals surface area contributed by atoms with Gasteiger partial charge in [0.15, 0.2) is 0 Å². The van der Waals surface area contributed by atoms with E-state index in [1.165, 1.54) is 25.7 Å². The minimum atomic E-state index is -0.271. The predicted octanol–water partition coefficient (Wildman–Crippen LogP) is 3.65. The van der Waals surface area contributed by atoms with Gasteiger partial charge in [-0.15, -0.1) is 0 Å². The Morgan fingerprint density at radius 2 is 1.91 bits per heavy atom. The molecule has 1 saturated carbocycles.